The zero-order chi connectivity index (χ0) is 16.7. The molecule has 3 aliphatic rings. The van der Waals surface area contributed by atoms with Crippen LogP contribution < -0.4 is 0 Å². The summed E-state index contributed by atoms with van der Waals surface area (Å²) in [5, 5.41) is 20.2. The van der Waals surface area contributed by atoms with Crippen LogP contribution in [0.4, 0.5) is 0 Å². The molecule has 0 radical (unpaired) electrons. The van der Waals surface area contributed by atoms with E-state index in [4.69, 9.17) is 4.28 Å². The van der Waals surface area contributed by atoms with E-state index in [9.17, 15) is 18.9 Å². The second-order valence-electron chi connectivity index (χ2n) is 6.16. The van der Waals surface area contributed by atoms with Crippen LogP contribution in [0.1, 0.15) is 31.2 Å². The van der Waals surface area contributed by atoms with Gasteiger partial charge in [0.2, 0.25) is 5.54 Å². The standard InChI is InChI=1S/C16H17N3O3S/c1-12-2-8-15(9-3-12)23(20,21)22-19-14-6-4-13(5-7-14)16(19,10-17)11-18/h2-3,8-9,13-14H,4-7H2,1H3. The largest absolute Gasteiger partial charge is 0.313 e. The van der Waals surface area contributed by atoms with Crippen LogP contribution in [0, 0.1) is 35.5 Å². The molecular formula is C16H17N3O3S. The number of aryl methyl sites for hydroxylation is 1. The Morgan fingerprint density at radius 3 is 2.22 bits per heavy atom. The van der Waals surface area contributed by atoms with Gasteiger partial charge in [0.15, 0.2) is 0 Å². The van der Waals surface area contributed by atoms with E-state index in [2.05, 4.69) is 0 Å². The highest BCUT2D eigenvalue weighted by Crippen LogP contribution is 2.46. The maximum absolute atomic E-state index is 12.5. The van der Waals surface area contributed by atoms with Crippen molar-refractivity contribution in [3.63, 3.8) is 0 Å². The summed E-state index contributed by atoms with van der Waals surface area (Å²) >= 11 is 0. The molecular weight excluding hydrogens is 314 g/mol. The summed E-state index contributed by atoms with van der Waals surface area (Å²) < 4.78 is 30.3. The van der Waals surface area contributed by atoms with Gasteiger partial charge in [0.25, 0.3) is 0 Å². The Kier molecular flexibility index (Phi) is 3.89. The first-order chi connectivity index (χ1) is 10.9. The highest BCUT2D eigenvalue weighted by molar-refractivity contribution is 7.86. The number of nitrogens with zero attached hydrogens (tertiary/aromatic N) is 3. The second kappa shape index (κ2) is 5.61. The normalized spacial score (nSPS) is 26.4. The van der Waals surface area contributed by atoms with Crippen molar-refractivity contribution in [2.45, 2.75) is 49.1 Å². The average Bonchev–Trinajstić information content (AvgIpc) is 2.56. The van der Waals surface area contributed by atoms with Gasteiger partial charge in [-0.3, -0.25) is 0 Å². The van der Waals surface area contributed by atoms with Crippen LogP contribution in [0.2, 0.25) is 0 Å². The van der Waals surface area contributed by atoms with Crippen LogP contribution in [0.25, 0.3) is 0 Å². The number of benzene rings is 1. The number of nitriles is 2. The van der Waals surface area contributed by atoms with Crippen LogP contribution >= 0.6 is 0 Å². The number of hydroxylamine groups is 2. The fourth-order valence-electron chi connectivity index (χ4n) is 3.48. The lowest BCUT2D eigenvalue weighted by atomic mass is 9.69. The van der Waals surface area contributed by atoms with E-state index in [0.29, 0.717) is 0 Å². The first kappa shape index (κ1) is 15.9. The van der Waals surface area contributed by atoms with Gasteiger partial charge in [0.05, 0.1) is 4.90 Å². The molecule has 0 aromatic heterocycles. The van der Waals surface area contributed by atoms with Crippen molar-refractivity contribution < 1.29 is 12.7 Å². The molecule has 2 heterocycles. The molecule has 120 valence electrons. The summed E-state index contributed by atoms with van der Waals surface area (Å²) in [6.45, 7) is 1.86. The lowest BCUT2D eigenvalue weighted by Gasteiger charge is -2.50. The fourth-order valence-corrected chi connectivity index (χ4v) is 4.48. The van der Waals surface area contributed by atoms with Crippen LogP contribution in [0.3, 0.4) is 0 Å². The monoisotopic (exact) mass is 331 g/mol. The van der Waals surface area contributed by atoms with Gasteiger partial charge in [-0.05, 0) is 44.7 Å². The Morgan fingerprint density at radius 1 is 1.13 bits per heavy atom. The number of fused-ring (bicyclic) bond motifs is 3. The molecule has 0 unspecified atom stereocenters. The summed E-state index contributed by atoms with van der Waals surface area (Å²) in [5.74, 6) is -0.185. The quantitative estimate of drug-likeness (QED) is 0.843. The van der Waals surface area contributed by atoms with Crippen molar-refractivity contribution in [1.29, 1.82) is 10.5 Å². The van der Waals surface area contributed by atoms with Crippen molar-refractivity contribution in [2.75, 3.05) is 0 Å². The summed E-state index contributed by atoms with van der Waals surface area (Å²) in [4.78, 5) is 0.0225. The minimum Gasteiger partial charge on any atom is -0.195 e. The Balaban J connectivity index is 1.96. The minimum atomic E-state index is -4.07. The smallest absolute Gasteiger partial charge is 0.195 e. The molecule has 0 spiro atoms. The molecule has 4 rings (SSSR count). The molecule has 0 amide bonds. The third-order valence-corrected chi connectivity index (χ3v) is 6.00. The van der Waals surface area contributed by atoms with E-state index in [1.54, 1.807) is 12.1 Å². The van der Waals surface area contributed by atoms with Crippen molar-refractivity contribution >= 4 is 10.1 Å². The van der Waals surface area contributed by atoms with Crippen LogP contribution in [-0.2, 0) is 14.4 Å². The van der Waals surface area contributed by atoms with Gasteiger partial charge >= 0.3 is 10.1 Å². The van der Waals surface area contributed by atoms with E-state index in [-0.39, 0.29) is 16.9 Å². The van der Waals surface area contributed by atoms with Crippen molar-refractivity contribution in [3.05, 3.63) is 29.8 Å². The minimum absolute atomic E-state index is 0.0225. The topological polar surface area (TPSA) is 94.2 Å². The maximum atomic E-state index is 12.5. The predicted octanol–water partition coefficient (Wildman–Crippen LogP) is 2.28. The van der Waals surface area contributed by atoms with E-state index in [0.717, 1.165) is 36.3 Å². The molecule has 7 heteroatoms. The molecule has 1 aromatic rings. The fraction of sp³-hybridized carbons (Fsp3) is 0.500. The third kappa shape index (κ3) is 2.51. The molecule has 0 N–H and O–H groups in total. The predicted molar refractivity (Wildman–Crippen MR) is 81.0 cm³/mol. The molecule has 0 atom stereocenters. The highest BCUT2D eigenvalue weighted by Gasteiger charge is 2.57. The lowest BCUT2D eigenvalue weighted by Crippen LogP contribution is -2.63. The zero-order valence-electron chi connectivity index (χ0n) is 12.8. The van der Waals surface area contributed by atoms with Gasteiger partial charge < -0.3 is 0 Å². The van der Waals surface area contributed by atoms with Gasteiger partial charge in [-0.25, -0.2) is 0 Å². The molecule has 1 aliphatic carbocycles. The van der Waals surface area contributed by atoms with Crippen LogP contribution in [-0.4, -0.2) is 25.1 Å². The maximum Gasteiger partial charge on any atom is 0.313 e. The molecule has 2 bridgehead atoms. The van der Waals surface area contributed by atoms with E-state index >= 15 is 0 Å². The molecule has 2 saturated heterocycles. The summed E-state index contributed by atoms with van der Waals surface area (Å²) in [6.07, 6.45) is 2.96. The van der Waals surface area contributed by atoms with Gasteiger partial charge in [-0.1, -0.05) is 17.7 Å². The molecule has 1 saturated carbocycles. The Morgan fingerprint density at radius 2 is 1.70 bits per heavy atom. The number of piperidine rings is 2. The Labute approximate surface area is 136 Å². The highest BCUT2D eigenvalue weighted by atomic mass is 32.2. The average molecular weight is 331 g/mol. The number of hydrogen-bond donors (Lipinski definition) is 0. The first-order valence-electron chi connectivity index (χ1n) is 7.56. The summed E-state index contributed by atoms with van der Waals surface area (Å²) in [5.41, 5.74) is -0.594. The van der Waals surface area contributed by atoms with Crippen LogP contribution in [0.15, 0.2) is 29.2 Å². The lowest BCUT2D eigenvalue weighted by molar-refractivity contribution is -0.196. The molecule has 2 aliphatic heterocycles. The van der Waals surface area contributed by atoms with Gasteiger partial charge in [0.1, 0.15) is 12.1 Å². The number of hydrogen-bond acceptors (Lipinski definition) is 6. The van der Waals surface area contributed by atoms with E-state index < -0.39 is 15.7 Å². The van der Waals surface area contributed by atoms with Gasteiger partial charge in [0, 0.05) is 12.0 Å². The van der Waals surface area contributed by atoms with Crippen molar-refractivity contribution in [3.8, 4) is 12.1 Å². The Hall–Kier alpha value is -1.93. The van der Waals surface area contributed by atoms with Crippen LogP contribution in [0.5, 0.6) is 0 Å². The zero-order valence-corrected chi connectivity index (χ0v) is 13.6. The Bertz CT molecular complexity index is 767. The number of rotatable bonds is 3. The summed E-state index contributed by atoms with van der Waals surface area (Å²) in [7, 11) is -4.07. The van der Waals surface area contributed by atoms with Gasteiger partial charge in [-0.15, -0.1) is 5.06 Å². The first-order valence-corrected chi connectivity index (χ1v) is 8.97. The molecule has 6 nitrogen and oxygen atoms in total. The molecule has 1 aromatic carbocycles. The van der Waals surface area contributed by atoms with Crippen molar-refractivity contribution in [1.82, 2.24) is 5.06 Å². The summed E-state index contributed by atoms with van der Waals surface area (Å²) in [6, 6.07) is 10.1. The third-order valence-electron chi connectivity index (χ3n) is 4.80. The van der Waals surface area contributed by atoms with Gasteiger partial charge in [-0.2, -0.15) is 23.2 Å². The van der Waals surface area contributed by atoms with E-state index in [1.807, 2.05) is 19.1 Å². The SMILES string of the molecule is Cc1ccc(S(=O)(=O)ON2C3CCC(CC3)C2(C#N)C#N)cc1. The van der Waals surface area contributed by atoms with E-state index in [1.165, 1.54) is 12.1 Å². The molecule has 3 fully saturated rings. The second-order valence-corrected chi connectivity index (χ2v) is 7.69. The molecule has 23 heavy (non-hydrogen) atoms. The van der Waals surface area contributed by atoms with Crippen molar-refractivity contribution in [2.24, 2.45) is 5.92 Å².